The Balaban J connectivity index is 1.92. The summed E-state index contributed by atoms with van der Waals surface area (Å²) in [6, 6.07) is 11.8. The van der Waals surface area contributed by atoms with E-state index in [0.29, 0.717) is 13.1 Å². The van der Waals surface area contributed by atoms with Crippen LogP contribution in [-0.2, 0) is 11.3 Å². The molecule has 0 bridgehead atoms. The van der Waals surface area contributed by atoms with Gasteiger partial charge in [-0.2, -0.15) is 0 Å². The number of aliphatic hydroxyl groups is 1. The molecule has 0 aliphatic carbocycles. The van der Waals surface area contributed by atoms with E-state index < -0.39 is 17.8 Å². The van der Waals surface area contributed by atoms with Gasteiger partial charge in [-0.15, -0.1) is 0 Å². The van der Waals surface area contributed by atoms with E-state index >= 15 is 0 Å². The number of aliphatic hydroxyl groups excluding tert-OH is 1. The zero-order chi connectivity index (χ0) is 21.6. The van der Waals surface area contributed by atoms with Crippen LogP contribution in [0.15, 0.2) is 36.4 Å². The highest BCUT2D eigenvalue weighted by Gasteiger charge is 2.17. The lowest BCUT2D eigenvalue weighted by Gasteiger charge is -2.21. The number of aromatic nitrogens is 1. The number of hydrogen-bond donors (Lipinski definition) is 3. The van der Waals surface area contributed by atoms with Crippen LogP contribution in [0.5, 0.6) is 0 Å². The first-order valence-corrected chi connectivity index (χ1v) is 9.97. The highest BCUT2D eigenvalue weighted by atomic mass is 16.6. The zero-order valence-corrected chi connectivity index (χ0v) is 18.2. The fourth-order valence-corrected chi connectivity index (χ4v) is 3.13. The van der Waals surface area contributed by atoms with Crippen molar-refractivity contribution >= 4 is 6.09 Å². The van der Waals surface area contributed by atoms with Crippen molar-refractivity contribution in [3.8, 4) is 0 Å². The SMILES string of the molecule is Cc1ccccc1[C@@H](O)CN[C@@H](C)c1ccc(CNC(=O)OC(C)(C)C)nc1C. The molecule has 2 aromatic rings. The van der Waals surface area contributed by atoms with Crippen LogP contribution in [0.4, 0.5) is 4.79 Å². The molecule has 6 heteroatoms. The molecular formula is C23H33N3O3. The van der Waals surface area contributed by atoms with E-state index in [1.54, 1.807) is 0 Å². The zero-order valence-electron chi connectivity index (χ0n) is 18.2. The fourth-order valence-electron chi connectivity index (χ4n) is 3.13. The summed E-state index contributed by atoms with van der Waals surface area (Å²) in [5.41, 5.74) is 4.20. The van der Waals surface area contributed by atoms with Crippen LogP contribution in [-0.4, -0.2) is 28.3 Å². The van der Waals surface area contributed by atoms with E-state index in [9.17, 15) is 9.90 Å². The Kier molecular flexibility index (Phi) is 7.76. The van der Waals surface area contributed by atoms with Gasteiger partial charge >= 0.3 is 6.09 Å². The predicted octanol–water partition coefficient (Wildman–Crippen LogP) is 4.11. The fraction of sp³-hybridized carbons (Fsp3) is 0.478. The molecule has 2 rings (SSSR count). The molecule has 29 heavy (non-hydrogen) atoms. The van der Waals surface area contributed by atoms with Crippen LogP contribution in [0.2, 0.25) is 0 Å². The van der Waals surface area contributed by atoms with Gasteiger partial charge in [0, 0.05) is 18.3 Å². The number of amides is 1. The average Bonchev–Trinajstić information content (AvgIpc) is 2.63. The third kappa shape index (κ3) is 7.15. The van der Waals surface area contributed by atoms with Crippen LogP contribution in [0.25, 0.3) is 0 Å². The maximum Gasteiger partial charge on any atom is 0.407 e. The normalized spacial score (nSPS) is 13.6. The van der Waals surface area contributed by atoms with Crippen LogP contribution in [0.3, 0.4) is 0 Å². The summed E-state index contributed by atoms with van der Waals surface area (Å²) in [7, 11) is 0. The number of nitrogens with zero attached hydrogens (tertiary/aromatic N) is 1. The van der Waals surface area contributed by atoms with Gasteiger partial charge < -0.3 is 20.5 Å². The first-order valence-electron chi connectivity index (χ1n) is 9.97. The van der Waals surface area contributed by atoms with Gasteiger partial charge in [-0.3, -0.25) is 4.98 Å². The van der Waals surface area contributed by atoms with Crippen molar-refractivity contribution in [2.24, 2.45) is 0 Å². The summed E-state index contributed by atoms with van der Waals surface area (Å²) in [5, 5.41) is 16.6. The average molecular weight is 400 g/mol. The molecule has 0 radical (unpaired) electrons. The smallest absolute Gasteiger partial charge is 0.407 e. The third-order valence-corrected chi connectivity index (χ3v) is 4.63. The van der Waals surface area contributed by atoms with Crippen molar-refractivity contribution in [3.63, 3.8) is 0 Å². The number of carbonyl (C=O) groups excluding carboxylic acids is 1. The molecule has 2 atom stereocenters. The summed E-state index contributed by atoms with van der Waals surface area (Å²) >= 11 is 0. The summed E-state index contributed by atoms with van der Waals surface area (Å²) in [4.78, 5) is 16.4. The van der Waals surface area contributed by atoms with Gasteiger partial charge in [0.1, 0.15) is 5.60 Å². The topological polar surface area (TPSA) is 83.5 Å². The number of hydrogen-bond acceptors (Lipinski definition) is 5. The minimum atomic E-state index is -0.566. The van der Waals surface area contributed by atoms with Gasteiger partial charge in [0.05, 0.1) is 18.3 Å². The van der Waals surface area contributed by atoms with E-state index in [0.717, 1.165) is 28.1 Å². The van der Waals surface area contributed by atoms with E-state index in [1.807, 2.05) is 77.9 Å². The number of nitrogens with one attached hydrogen (secondary N) is 2. The van der Waals surface area contributed by atoms with E-state index in [-0.39, 0.29) is 6.04 Å². The molecule has 0 aliphatic heterocycles. The molecular weight excluding hydrogens is 366 g/mol. The Morgan fingerprint density at radius 2 is 1.83 bits per heavy atom. The van der Waals surface area contributed by atoms with Crippen molar-refractivity contribution in [1.29, 1.82) is 0 Å². The lowest BCUT2D eigenvalue weighted by atomic mass is 10.0. The first kappa shape index (κ1) is 22.8. The van der Waals surface area contributed by atoms with Crippen molar-refractivity contribution in [3.05, 3.63) is 64.5 Å². The predicted molar refractivity (Wildman–Crippen MR) is 115 cm³/mol. The maximum absolute atomic E-state index is 11.8. The molecule has 0 fully saturated rings. The molecule has 1 aromatic carbocycles. The van der Waals surface area contributed by atoms with Crippen LogP contribution < -0.4 is 10.6 Å². The minimum Gasteiger partial charge on any atom is -0.444 e. The van der Waals surface area contributed by atoms with Crippen molar-refractivity contribution in [2.45, 2.75) is 65.8 Å². The third-order valence-electron chi connectivity index (χ3n) is 4.63. The number of alkyl carbamates (subject to hydrolysis) is 1. The Labute approximate surface area is 173 Å². The monoisotopic (exact) mass is 399 g/mol. The standard InChI is InChI=1S/C23H33N3O3/c1-15-9-7-8-10-19(15)21(27)14-24-16(2)20-12-11-18(26-17(20)3)13-25-22(28)29-23(4,5)6/h7-12,16,21,24,27H,13-14H2,1-6H3,(H,25,28)/t16-,21-/m0/s1. The molecule has 6 nitrogen and oxygen atoms in total. The number of ether oxygens (including phenoxy) is 1. The van der Waals surface area contributed by atoms with Gasteiger partial charge in [-0.25, -0.2) is 4.79 Å². The second kappa shape index (κ2) is 9.85. The number of benzene rings is 1. The number of carbonyl (C=O) groups is 1. The Bertz CT molecular complexity index is 830. The minimum absolute atomic E-state index is 0.0361. The molecule has 1 amide bonds. The highest BCUT2D eigenvalue weighted by molar-refractivity contribution is 5.67. The molecule has 0 spiro atoms. The largest absolute Gasteiger partial charge is 0.444 e. The summed E-state index contributed by atoms with van der Waals surface area (Å²) < 4.78 is 5.24. The molecule has 1 heterocycles. The van der Waals surface area contributed by atoms with Gasteiger partial charge in [0.15, 0.2) is 0 Å². The molecule has 158 valence electrons. The lowest BCUT2D eigenvalue weighted by molar-refractivity contribution is 0.0523. The molecule has 0 saturated carbocycles. The van der Waals surface area contributed by atoms with Crippen LogP contribution in [0, 0.1) is 13.8 Å². The number of pyridine rings is 1. The number of rotatable bonds is 7. The van der Waals surface area contributed by atoms with Crippen molar-refractivity contribution < 1.29 is 14.6 Å². The lowest BCUT2D eigenvalue weighted by Crippen LogP contribution is -2.32. The van der Waals surface area contributed by atoms with Crippen LogP contribution in [0.1, 0.15) is 67.9 Å². The second-order valence-corrected chi connectivity index (χ2v) is 8.33. The Morgan fingerprint density at radius 1 is 1.14 bits per heavy atom. The van der Waals surface area contributed by atoms with Gasteiger partial charge in [-0.1, -0.05) is 30.3 Å². The van der Waals surface area contributed by atoms with Crippen molar-refractivity contribution in [2.75, 3.05) is 6.54 Å². The molecule has 3 N–H and O–H groups in total. The highest BCUT2D eigenvalue weighted by Crippen LogP contribution is 2.20. The first-order chi connectivity index (χ1) is 13.6. The Hall–Kier alpha value is -2.44. The molecule has 0 aliphatic rings. The number of aryl methyl sites for hydroxylation is 2. The van der Waals surface area contributed by atoms with Gasteiger partial charge in [-0.05, 0) is 64.3 Å². The van der Waals surface area contributed by atoms with Gasteiger partial charge in [0.25, 0.3) is 0 Å². The Morgan fingerprint density at radius 3 is 2.45 bits per heavy atom. The quantitative estimate of drug-likeness (QED) is 0.653. The van der Waals surface area contributed by atoms with E-state index in [1.165, 1.54) is 0 Å². The summed E-state index contributed by atoms with van der Waals surface area (Å²) in [5.74, 6) is 0. The van der Waals surface area contributed by atoms with Gasteiger partial charge in [0.2, 0.25) is 0 Å². The summed E-state index contributed by atoms with van der Waals surface area (Å²) in [6.07, 6.45) is -1.02. The summed E-state index contributed by atoms with van der Waals surface area (Å²) in [6.45, 7) is 12.2. The molecule has 0 unspecified atom stereocenters. The molecule has 0 saturated heterocycles. The van der Waals surface area contributed by atoms with Crippen molar-refractivity contribution in [1.82, 2.24) is 15.6 Å². The molecule has 1 aromatic heterocycles. The maximum atomic E-state index is 11.8. The van der Waals surface area contributed by atoms with E-state index in [4.69, 9.17) is 4.74 Å². The second-order valence-electron chi connectivity index (χ2n) is 8.33. The van der Waals surface area contributed by atoms with E-state index in [2.05, 4.69) is 15.6 Å². The van der Waals surface area contributed by atoms with Crippen LogP contribution >= 0.6 is 0 Å².